The fourth-order valence-electron chi connectivity index (χ4n) is 2.77. The summed E-state index contributed by atoms with van der Waals surface area (Å²) in [6.07, 6.45) is 5.78. The van der Waals surface area contributed by atoms with E-state index in [1.165, 1.54) is 4.68 Å². The Morgan fingerprint density at radius 2 is 1.79 bits per heavy atom. The molecule has 0 aliphatic carbocycles. The van der Waals surface area contributed by atoms with Crippen molar-refractivity contribution in [3.63, 3.8) is 0 Å². The summed E-state index contributed by atoms with van der Waals surface area (Å²) in [6.45, 7) is 14.4. The van der Waals surface area contributed by atoms with Crippen LogP contribution in [0.25, 0.3) is 11.1 Å². The molecule has 0 saturated heterocycles. The van der Waals surface area contributed by atoms with Gasteiger partial charge < -0.3 is 12.2 Å². The van der Waals surface area contributed by atoms with E-state index < -0.39 is 6.10 Å². The molecule has 0 N–H and O–H groups in total. The molecule has 157 valence electrons. The van der Waals surface area contributed by atoms with Gasteiger partial charge in [0.15, 0.2) is 11.9 Å². The van der Waals surface area contributed by atoms with Crippen LogP contribution >= 0.6 is 0 Å². The van der Waals surface area contributed by atoms with Gasteiger partial charge >= 0.3 is 0 Å². The van der Waals surface area contributed by atoms with Crippen molar-refractivity contribution in [2.45, 2.75) is 67.5 Å². The van der Waals surface area contributed by atoms with Crippen LogP contribution in [0.2, 0.25) is 0 Å². The van der Waals surface area contributed by atoms with Crippen LogP contribution in [0.15, 0.2) is 29.1 Å². The zero-order valence-corrected chi connectivity index (χ0v) is 22.1. The number of hydrogen-bond acceptors (Lipinski definition) is 3. The normalized spacial score (nSPS) is 10.6. The third-order valence-corrected chi connectivity index (χ3v) is 4.02. The van der Waals surface area contributed by atoms with E-state index in [4.69, 9.17) is 11.2 Å². The van der Waals surface area contributed by atoms with Crippen LogP contribution in [0.5, 0.6) is 5.75 Å². The molecule has 29 heavy (non-hydrogen) atoms. The molecule has 1 aromatic carbocycles. The van der Waals surface area contributed by atoms with Gasteiger partial charge in [0.05, 0.1) is 5.56 Å². The van der Waals surface area contributed by atoms with E-state index in [0.717, 1.165) is 16.8 Å². The van der Waals surface area contributed by atoms with E-state index in [9.17, 15) is 4.79 Å². The summed E-state index contributed by atoms with van der Waals surface area (Å²) in [6, 6.07) is 7.81. The van der Waals surface area contributed by atoms with Crippen molar-refractivity contribution in [2.75, 3.05) is 0 Å². The largest absolute Gasteiger partial charge is 0.475 e. The fraction of sp³-hybridized carbons (Fsp3) is 0.458. The second-order valence-corrected chi connectivity index (χ2v) is 6.61. The van der Waals surface area contributed by atoms with Gasteiger partial charge in [0.1, 0.15) is 5.69 Å². The van der Waals surface area contributed by atoms with Gasteiger partial charge in [-0.3, -0.25) is 4.79 Å². The molecule has 0 fully saturated rings. The summed E-state index contributed by atoms with van der Waals surface area (Å²) >= 11 is 0. The summed E-state index contributed by atoms with van der Waals surface area (Å²) in [5.41, 5.74) is 3.05. The van der Waals surface area contributed by atoms with Crippen LogP contribution in [0, 0.1) is 32.6 Å². The van der Waals surface area contributed by atoms with Crippen LogP contribution in [0.1, 0.15) is 52.8 Å². The van der Waals surface area contributed by atoms with E-state index in [1.54, 1.807) is 6.92 Å². The third kappa shape index (κ3) is 7.72. The minimum Gasteiger partial charge on any atom is -0.475 e. The molecule has 1 radical (unpaired) electrons. The van der Waals surface area contributed by atoms with Crippen molar-refractivity contribution in [1.82, 2.24) is 9.78 Å². The van der Waals surface area contributed by atoms with Crippen LogP contribution < -0.4 is 10.3 Å². The molecule has 0 saturated carbocycles. The molecule has 0 spiro atoms. The summed E-state index contributed by atoms with van der Waals surface area (Å²) < 4.78 is 7.51. The predicted molar refractivity (Wildman–Crippen MR) is 120 cm³/mol. The molecule has 4 nitrogen and oxygen atoms in total. The van der Waals surface area contributed by atoms with Crippen molar-refractivity contribution in [1.29, 1.82) is 0 Å². The van der Waals surface area contributed by atoms with Gasteiger partial charge in [-0.25, -0.2) is 4.68 Å². The molecule has 1 heterocycles. The van der Waals surface area contributed by atoms with Crippen LogP contribution in [0.4, 0.5) is 0 Å². The van der Waals surface area contributed by atoms with Gasteiger partial charge in [-0.15, -0.1) is 6.42 Å². The third-order valence-electron chi connectivity index (χ3n) is 4.02. The van der Waals surface area contributed by atoms with Gasteiger partial charge in [0.25, 0.3) is 5.56 Å². The molecule has 2 aromatic rings. The van der Waals surface area contributed by atoms with E-state index >= 15 is 0 Å². The van der Waals surface area contributed by atoms with Crippen molar-refractivity contribution in [2.24, 2.45) is 5.92 Å². The first-order valence-corrected chi connectivity index (χ1v) is 9.71. The molecule has 1 aromatic heterocycles. The van der Waals surface area contributed by atoms with E-state index in [1.807, 2.05) is 52.0 Å². The standard InChI is InChI=1S/C21H26N2O2.C2H6.CH3.Y/c1-7-16(6)25-20-18(13-14(3)4)22-23(8-2)21(24)19(20)17-12-10-9-11-15(17)5;1-2;;/h1,9-12,14,16H,8,13H2,2-6H3;1-2H3;1H3;/q;;-1;. The Morgan fingerprint density at radius 3 is 2.28 bits per heavy atom. The Morgan fingerprint density at radius 1 is 1.21 bits per heavy atom. The molecular formula is C24H35N2O2Y-. The van der Waals surface area contributed by atoms with Gasteiger partial charge in [-0.05, 0) is 44.2 Å². The maximum atomic E-state index is 13.1. The van der Waals surface area contributed by atoms with Crippen LogP contribution in [-0.2, 0) is 45.7 Å². The van der Waals surface area contributed by atoms with Crippen molar-refractivity contribution >= 4 is 0 Å². The van der Waals surface area contributed by atoms with Crippen LogP contribution in [-0.4, -0.2) is 15.9 Å². The minimum atomic E-state index is -0.438. The van der Waals surface area contributed by atoms with Gasteiger partial charge in [0, 0.05) is 39.3 Å². The van der Waals surface area contributed by atoms with E-state index in [-0.39, 0.29) is 45.7 Å². The van der Waals surface area contributed by atoms with Crippen molar-refractivity contribution in [3.8, 4) is 29.2 Å². The Bertz CT molecular complexity index is 851. The second-order valence-electron chi connectivity index (χ2n) is 6.61. The minimum absolute atomic E-state index is 0. The topological polar surface area (TPSA) is 44.1 Å². The fourth-order valence-corrected chi connectivity index (χ4v) is 2.77. The van der Waals surface area contributed by atoms with Gasteiger partial charge in [-0.1, -0.05) is 57.9 Å². The number of aryl methyl sites for hydroxylation is 2. The average molecular weight is 472 g/mol. The first-order valence-electron chi connectivity index (χ1n) is 9.71. The zero-order valence-electron chi connectivity index (χ0n) is 19.2. The van der Waals surface area contributed by atoms with E-state index in [2.05, 4.69) is 24.9 Å². The molecule has 5 heteroatoms. The number of terminal acetylenes is 1. The molecule has 0 aliphatic heterocycles. The molecule has 0 bridgehead atoms. The first kappa shape index (κ1) is 29.8. The number of rotatable bonds is 6. The molecule has 1 atom stereocenters. The molecule has 2 rings (SSSR count). The second kappa shape index (κ2) is 14.5. The molecule has 0 aliphatic rings. The van der Waals surface area contributed by atoms with Gasteiger partial charge in [0.2, 0.25) is 0 Å². The smallest absolute Gasteiger partial charge is 0.278 e. The molecule has 1 unspecified atom stereocenters. The Balaban J connectivity index is 0. The van der Waals surface area contributed by atoms with Crippen molar-refractivity contribution in [3.05, 3.63) is 53.3 Å². The molecule has 0 amide bonds. The Labute approximate surface area is 202 Å². The Kier molecular flexibility index (Phi) is 14.9. The van der Waals surface area contributed by atoms with Crippen molar-refractivity contribution < 1.29 is 37.4 Å². The summed E-state index contributed by atoms with van der Waals surface area (Å²) in [7, 11) is 0. The van der Waals surface area contributed by atoms with E-state index in [0.29, 0.717) is 30.2 Å². The van der Waals surface area contributed by atoms with Gasteiger partial charge in [-0.2, -0.15) is 5.10 Å². The van der Waals surface area contributed by atoms with Crippen LogP contribution in [0.3, 0.4) is 0 Å². The summed E-state index contributed by atoms with van der Waals surface area (Å²) in [5, 5.41) is 4.54. The number of aromatic nitrogens is 2. The summed E-state index contributed by atoms with van der Waals surface area (Å²) in [5.74, 6) is 3.47. The maximum absolute atomic E-state index is 13.1. The zero-order chi connectivity index (χ0) is 20.6. The maximum Gasteiger partial charge on any atom is 0.278 e. The molecular weight excluding hydrogens is 437 g/mol. The Hall–Kier alpha value is -1.44. The number of benzene rings is 1. The average Bonchev–Trinajstić information content (AvgIpc) is 2.66. The predicted octanol–water partition coefficient (Wildman–Crippen LogP) is 5.31. The number of ether oxygens (including phenoxy) is 1. The monoisotopic (exact) mass is 472 g/mol. The summed E-state index contributed by atoms with van der Waals surface area (Å²) in [4.78, 5) is 13.1. The SMILES string of the molecule is C#CC(C)Oc1c(CC(C)C)nn(CC)c(=O)c1-c1ccccc1C.CC.[CH3-].[Y]. The number of hydrogen-bond donors (Lipinski definition) is 0. The first-order chi connectivity index (χ1) is 12.9. The quantitative estimate of drug-likeness (QED) is 0.423. The number of nitrogens with zero attached hydrogens (tertiary/aromatic N) is 2.